The van der Waals surface area contributed by atoms with Crippen LogP contribution in [-0.4, -0.2) is 98.1 Å². The van der Waals surface area contributed by atoms with E-state index in [2.05, 4.69) is 20.5 Å². The second-order valence-electron chi connectivity index (χ2n) is 9.76. The summed E-state index contributed by atoms with van der Waals surface area (Å²) in [6, 6.07) is 9.85. The largest absolute Gasteiger partial charge is 0.507 e. The molecule has 0 aliphatic rings. The molecule has 0 saturated carbocycles. The molecule has 0 aliphatic carbocycles. The second kappa shape index (κ2) is 15.1. The van der Waals surface area contributed by atoms with Crippen molar-refractivity contribution in [1.82, 2.24) is 0 Å². The van der Waals surface area contributed by atoms with Crippen molar-refractivity contribution in [3.63, 3.8) is 0 Å². The van der Waals surface area contributed by atoms with E-state index in [9.17, 15) is 56.0 Å². The number of aromatic carboxylic acids is 2. The molecule has 4 aromatic carbocycles. The minimum atomic E-state index is -4.90. The van der Waals surface area contributed by atoms with Crippen LogP contribution in [0.2, 0.25) is 0 Å². The van der Waals surface area contributed by atoms with Crippen molar-refractivity contribution in [2.45, 2.75) is 22.6 Å². The van der Waals surface area contributed by atoms with Crippen LogP contribution < -0.4 is 0 Å². The van der Waals surface area contributed by atoms with Crippen molar-refractivity contribution in [3.05, 3.63) is 82.9 Å². The van der Waals surface area contributed by atoms with Crippen LogP contribution in [0.1, 0.15) is 31.8 Å². The Kier molecular flexibility index (Phi) is 11.8. The number of carboxylic acids is 2. The van der Waals surface area contributed by atoms with Crippen LogP contribution in [0.3, 0.4) is 0 Å². The van der Waals surface area contributed by atoms with Gasteiger partial charge in [0.05, 0.1) is 21.2 Å². The summed E-state index contributed by atoms with van der Waals surface area (Å²) in [5.41, 5.74) is -2.32. The Labute approximate surface area is 298 Å². The van der Waals surface area contributed by atoms with Crippen molar-refractivity contribution < 1.29 is 66.2 Å². The van der Waals surface area contributed by atoms with E-state index in [0.717, 1.165) is 36.4 Å². The van der Waals surface area contributed by atoms with Gasteiger partial charge in [-0.2, -0.15) is 27.1 Å². The molecular weight excluding hydrogens is 703 g/mol. The van der Waals surface area contributed by atoms with Gasteiger partial charge in [-0.3, -0.25) is 9.11 Å². The average Bonchev–Trinajstić information content (AvgIpc) is 2.98. The molecule has 8 N–H and O–H groups in total. The summed E-state index contributed by atoms with van der Waals surface area (Å²) in [6.45, 7) is 0. The number of aryl methyl sites for hydroxylation is 2. The minimum Gasteiger partial charge on any atom is -0.507 e. The van der Waals surface area contributed by atoms with Crippen LogP contribution in [0.15, 0.2) is 90.9 Å². The standard InChI is InChI=1S/C28H22N4O14S2.Na/c33-21-11-23(35)19(9-17(21)27(37)38)31-29-15-5-3-13(25(7-15)47(41,42)43)1-2-14-4-6-16(8-26(14)48(44,45)46)30-32-20-10-18(28(39)40)22(34)12-24(20)36;/h3-12,33-36H,1-2H2,(H,37,38)(H,39,40)(H,41,42,43)(H,44,45,46);. The second-order valence-corrected chi connectivity index (χ2v) is 12.5. The van der Waals surface area contributed by atoms with Crippen LogP contribution in [0, 0.1) is 0 Å². The molecule has 4 rings (SSSR count). The van der Waals surface area contributed by atoms with Crippen LogP contribution in [-0.2, 0) is 33.1 Å². The van der Waals surface area contributed by atoms with Gasteiger partial charge in [0.25, 0.3) is 20.2 Å². The third-order valence-electron chi connectivity index (χ3n) is 6.51. The summed E-state index contributed by atoms with van der Waals surface area (Å²) in [4.78, 5) is 21.2. The summed E-state index contributed by atoms with van der Waals surface area (Å²) < 4.78 is 68.5. The van der Waals surface area contributed by atoms with Crippen molar-refractivity contribution >= 4 is 84.5 Å². The summed E-state index contributed by atoms with van der Waals surface area (Å²) in [5, 5.41) is 72.3. The first-order chi connectivity index (χ1) is 22.3. The fourth-order valence-electron chi connectivity index (χ4n) is 4.23. The first-order valence-electron chi connectivity index (χ1n) is 13.0. The monoisotopic (exact) mass is 725 g/mol. The maximum Gasteiger partial charge on any atom is 0.339 e. The van der Waals surface area contributed by atoms with Crippen molar-refractivity contribution in [3.8, 4) is 23.0 Å². The molecule has 0 saturated heterocycles. The Morgan fingerprint density at radius 1 is 0.531 bits per heavy atom. The molecule has 49 heavy (non-hydrogen) atoms. The molecule has 0 bridgehead atoms. The predicted octanol–water partition coefficient (Wildman–Crippen LogP) is 4.63. The zero-order chi connectivity index (χ0) is 35.6. The van der Waals surface area contributed by atoms with E-state index in [0.29, 0.717) is 0 Å². The van der Waals surface area contributed by atoms with Gasteiger partial charge >= 0.3 is 11.9 Å². The minimum absolute atomic E-state index is 0. The molecule has 0 aromatic heterocycles. The topological polar surface area (TPSA) is 314 Å². The Morgan fingerprint density at radius 3 is 1.18 bits per heavy atom. The van der Waals surface area contributed by atoms with Crippen molar-refractivity contribution in [2.24, 2.45) is 20.5 Å². The fourth-order valence-corrected chi connectivity index (χ4v) is 5.77. The van der Waals surface area contributed by atoms with Gasteiger partial charge in [0, 0.05) is 41.7 Å². The van der Waals surface area contributed by atoms with E-state index in [1.807, 2.05) is 0 Å². The summed E-state index contributed by atoms with van der Waals surface area (Å²) >= 11 is 0. The predicted molar refractivity (Wildman–Crippen MR) is 167 cm³/mol. The molecule has 4 aromatic rings. The fraction of sp³-hybridized carbons (Fsp3) is 0.0714. The third-order valence-corrected chi connectivity index (χ3v) is 8.39. The van der Waals surface area contributed by atoms with E-state index < -0.39 is 76.1 Å². The molecular formula is C28H22N4NaO14S2. The van der Waals surface area contributed by atoms with Crippen molar-refractivity contribution in [2.75, 3.05) is 0 Å². The zero-order valence-corrected chi connectivity index (χ0v) is 28.5. The van der Waals surface area contributed by atoms with Gasteiger partial charge in [-0.05, 0) is 60.4 Å². The van der Waals surface area contributed by atoms with Crippen LogP contribution >= 0.6 is 0 Å². The van der Waals surface area contributed by atoms with Gasteiger partial charge in [0.2, 0.25) is 0 Å². The maximum absolute atomic E-state index is 12.2. The van der Waals surface area contributed by atoms with E-state index >= 15 is 0 Å². The van der Waals surface area contributed by atoms with Crippen molar-refractivity contribution in [1.29, 1.82) is 0 Å². The normalized spacial score (nSPS) is 11.9. The molecule has 1 radical (unpaired) electrons. The number of benzene rings is 4. The van der Waals surface area contributed by atoms with Gasteiger partial charge in [0.15, 0.2) is 0 Å². The molecule has 0 unspecified atom stereocenters. The number of phenolic OH excluding ortho intramolecular Hbond substituents is 2. The maximum atomic E-state index is 12.2. The number of rotatable bonds is 11. The number of nitrogens with zero attached hydrogens (tertiary/aromatic N) is 4. The number of aromatic hydroxyl groups is 4. The zero-order valence-electron chi connectivity index (χ0n) is 24.8. The smallest absolute Gasteiger partial charge is 0.339 e. The van der Waals surface area contributed by atoms with Gasteiger partial charge in [0.1, 0.15) is 45.5 Å². The molecule has 0 heterocycles. The molecule has 21 heteroatoms. The molecule has 0 fully saturated rings. The number of hydrogen-bond donors (Lipinski definition) is 8. The van der Waals surface area contributed by atoms with E-state index in [1.54, 1.807) is 0 Å². The molecule has 0 aliphatic heterocycles. The number of carboxylic acid groups (broad SMARTS) is 2. The quantitative estimate of drug-likeness (QED) is 0.0594. The Balaban J connectivity index is 0.00000650. The summed E-state index contributed by atoms with van der Waals surface area (Å²) in [5.74, 6) is -5.80. The van der Waals surface area contributed by atoms with E-state index in [1.165, 1.54) is 24.3 Å². The van der Waals surface area contributed by atoms with Gasteiger partial charge < -0.3 is 30.6 Å². The molecule has 0 atom stereocenters. The SMILES string of the molecule is O=C(O)c1cc(N=Nc2ccc(CCc3ccc(N=Nc4cc(C(=O)O)c(O)cc4O)cc3S(=O)(=O)O)c(S(=O)(=O)O)c2)c(O)cc1O.[Na]. The molecule has 251 valence electrons. The summed E-state index contributed by atoms with van der Waals surface area (Å²) in [6.07, 6.45) is -0.425. The van der Waals surface area contributed by atoms with E-state index in [-0.39, 0.29) is 76.3 Å². The number of azo groups is 2. The molecule has 0 spiro atoms. The number of carbonyl (C=O) groups is 2. The number of hydrogen-bond acceptors (Lipinski definition) is 14. The van der Waals surface area contributed by atoms with Gasteiger partial charge in [-0.1, -0.05) is 12.1 Å². The van der Waals surface area contributed by atoms with Gasteiger partial charge in [-0.25, -0.2) is 9.59 Å². The summed E-state index contributed by atoms with van der Waals surface area (Å²) in [7, 11) is -9.80. The van der Waals surface area contributed by atoms with Crippen LogP contribution in [0.4, 0.5) is 22.7 Å². The van der Waals surface area contributed by atoms with Crippen LogP contribution in [0.25, 0.3) is 0 Å². The first kappa shape index (κ1) is 38.5. The number of phenols is 4. The molecule has 0 amide bonds. The Morgan fingerprint density at radius 2 is 0.878 bits per heavy atom. The Bertz CT molecular complexity index is 2100. The third kappa shape index (κ3) is 9.35. The van der Waals surface area contributed by atoms with Crippen LogP contribution in [0.5, 0.6) is 23.0 Å². The first-order valence-corrected chi connectivity index (χ1v) is 15.9. The average molecular weight is 726 g/mol. The van der Waals surface area contributed by atoms with Gasteiger partial charge in [-0.15, -0.1) is 10.2 Å². The van der Waals surface area contributed by atoms with E-state index in [4.69, 9.17) is 10.2 Å². The molecule has 18 nitrogen and oxygen atoms in total. The Hall–Kier alpha value is -4.96.